The van der Waals surface area contributed by atoms with Crippen LogP contribution in [0.1, 0.15) is 32.4 Å². The summed E-state index contributed by atoms with van der Waals surface area (Å²) in [5.41, 5.74) is 2.40. The molecule has 0 radical (unpaired) electrons. The van der Waals surface area contributed by atoms with E-state index in [1.54, 1.807) is 0 Å². The summed E-state index contributed by atoms with van der Waals surface area (Å²) in [6, 6.07) is 0.530. The highest BCUT2D eigenvalue weighted by Crippen LogP contribution is 2.30. The SMILES string of the molecule is CCCc1nn(C)c2c1NCC(CC)N2. The fraction of sp³-hybridized carbons (Fsp3) is 0.727. The van der Waals surface area contributed by atoms with Crippen molar-refractivity contribution in [2.24, 2.45) is 7.05 Å². The summed E-state index contributed by atoms with van der Waals surface area (Å²) < 4.78 is 1.95. The standard InChI is InChI=1S/C11H20N4/c1-4-6-9-10-11(15(3)14-9)13-8(5-2)7-12-10/h8,12-13H,4-7H2,1-3H3. The third-order valence-electron chi connectivity index (χ3n) is 2.97. The Bertz CT molecular complexity index is 343. The maximum Gasteiger partial charge on any atom is 0.148 e. The number of aromatic nitrogens is 2. The van der Waals surface area contributed by atoms with Gasteiger partial charge in [-0.05, 0) is 12.8 Å². The van der Waals surface area contributed by atoms with Crippen LogP contribution in [0.25, 0.3) is 0 Å². The molecule has 15 heavy (non-hydrogen) atoms. The van der Waals surface area contributed by atoms with Gasteiger partial charge in [0.05, 0.1) is 5.69 Å². The molecule has 1 aromatic heterocycles. The van der Waals surface area contributed by atoms with E-state index in [1.165, 1.54) is 11.4 Å². The Morgan fingerprint density at radius 3 is 2.93 bits per heavy atom. The number of aryl methyl sites for hydroxylation is 2. The Morgan fingerprint density at radius 2 is 2.27 bits per heavy atom. The summed E-state index contributed by atoms with van der Waals surface area (Å²) in [6.07, 6.45) is 3.33. The molecule has 2 rings (SSSR count). The van der Waals surface area contributed by atoms with Gasteiger partial charge in [-0.25, -0.2) is 0 Å². The lowest BCUT2D eigenvalue weighted by Gasteiger charge is -2.25. The lowest BCUT2D eigenvalue weighted by Crippen LogP contribution is -2.33. The maximum atomic E-state index is 4.54. The third kappa shape index (κ3) is 1.80. The molecule has 2 N–H and O–H groups in total. The highest BCUT2D eigenvalue weighted by molar-refractivity contribution is 5.70. The van der Waals surface area contributed by atoms with Gasteiger partial charge < -0.3 is 10.6 Å². The Hall–Kier alpha value is -1.19. The molecule has 1 aliphatic rings. The number of rotatable bonds is 3. The maximum absolute atomic E-state index is 4.54. The Labute approximate surface area is 91.1 Å². The Morgan fingerprint density at radius 1 is 1.47 bits per heavy atom. The number of anilines is 2. The molecular formula is C11H20N4. The molecule has 0 spiro atoms. The van der Waals surface area contributed by atoms with Crippen molar-refractivity contribution in [2.45, 2.75) is 39.2 Å². The third-order valence-corrected chi connectivity index (χ3v) is 2.97. The van der Waals surface area contributed by atoms with Gasteiger partial charge in [0.25, 0.3) is 0 Å². The van der Waals surface area contributed by atoms with Gasteiger partial charge in [0.2, 0.25) is 0 Å². The predicted molar refractivity (Wildman–Crippen MR) is 63.4 cm³/mol. The number of nitrogens with one attached hydrogen (secondary N) is 2. The van der Waals surface area contributed by atoms with Crippen LogP contribution in [0.4, 0.5) is 11.5 Å². The van der Waals surface area contributed by atoms with E-state index < -0.39 is 0 Å². The summed E-state index contributed by atoms with van der Waals surface area (Å²) >= 11 is 0. The van der Waals surface area contributed by atoms with Gasteiger partial charge >= 0.3 is 0 Å². The molecule has 0 amide bonds. The molecule has 1 unspecified atom stereocenters. The monoisotopic (exact) mass is 208 g/mol. The first-order chi connectivity index (χ1) is 7.26. The zero-order chi connectivity index (χ0) is 10.8. The molecule has 1 aliphatic heterocycles. The van der Waals surface area contributed by atoms with Crippen LogP contribution < -0.4 is 10.6 Å². The number of hydrogen-bond donors (Lipinski definition) is 2. The van der Waals surface area contributed by atoms with Crippen molar-refractivity contribution in [1.82, 2.24) is 9.78 Å². The number of fused-ring (bicyclic) bond motifs is 1. The van der Waals surface area contributed by atoms with Crippen LogP contribution in [0.3, 0.4) is 0 Å². The van der Waals surface area contributed by atoms with Crippen molar-refractivity contribution >= 4 is 11.5 Å². The van der Waals surface area contributed by atoms with Crippen molar-refractivity contribution in [3.63, 3.8) is 0 Å². The van der Waals surface area contributed by atoms with E-state index in [-0.39, 0.29) is 0 Å². The topological polar surface area (TPSA) is 41.9 Å². The van der Waals surface area contributed by atoms with Gasteiger partial charge in [0.15, 0.2) is 0 Å². The van der Waals surface area contributed by atoms with E-state index in [1.807, 2.05) is 11.7 Å². The molecule has 2 heterocycles. The first-order valence-electron chi connectivity index (χ1n) is 5.82. The minimum Gasteiger partial charge on any atom is -0.378 e. The number of hydrogen-bond acceptors (Lipinski definition) is 3. The van der Waals surface area contributed by atoms with E-state index >= 15 is 0 Å². The second-order valence-corrected chi connectivity index (χ2v) is 4.17. The lowest BCUT2D eigenvalue weighted by atomic mass is 10.1. The predicted octanol–water partition coefficient (Wildman–Crippen LogP) is 1.99. The summed E-state index contributed by atoms with van der Waals surface area (Å²) in [5.74, 6) is 1.15. The second-order valence-electron chi connectivity index (χ2n) is 4.17. The molecule has 0 bridgehead atoms. The van der Waals surface area contributed by atoms with Gasteiger partial charge in [-0.3, -0.25) is 4.68 Å². The van der Waals surface area contributed by atoms with Gasteiger partial charge in [-0.2, -0.15) is 5.10 Å². The van der Waals surface area contributed by atoms with Crippen molar-refractivity contribution in [2.75, 3.05) is 17.2 Å². The zero-order valence-corrected chi connectivity index (χ0v) is 9.80. The van der Waals surface area contributed by atoms with Gasteiger partial charge in [-0.1, -0.05) is 20.3 Å². The summed E-state index contributed by atoms with van der Waals surface area (Å²) in [6.45, 7) is 5.39. The van der Waals surface area contributed by atoms with Crippen LogP contribution in [0, 0.1) is 0 Å². The highest BCUT2D eigenvalue weighted by atomic mass is 15.3. The normalized spacial score (nSPS) is 19.3. The smallest absolute Gasteiger partial charge is 0.148 e. The second kappa shape index (κ2) is 4.13. The molecule has 1 aromatic rings. The summed E-state index contributed by atoms with van der Waals surface area (Å²) in [4.78, 5) is 0. The first-order valence-corrected chi connectivity index (χ1v) is 5.82. The van der Waals surface area contributed by atoms with E-state index in [4.69, 9.17) is 0 Å². The van der Waals surface area contributed by atoms with Crippen LogP contribution in [-0.4, -0.2) is 22.4 Å². The first kappa shape index (κ1) is 10.3. The molecule has 4 nitrogen and oxygen atoms in total. The van der Waals surface area contributed by atoms with Gasteiger partial charge in [-0.15, -0.1) is 0 Å². The van der Waals surface area contributed by atoms with Crippen molar-refractivity contribution in [3.05, 3.63) is 5.69 Å². The largest absolute Gasteiger partial charge is 0.378 e. The summed E-state index contributed by atoms with van der Waals surface area (Å²) in [7, 11) is 2.00. The fourth-order valence-corrected chi connectivity index (χ4v) is 2.06. The number of nitrogens with zero attached hydrogens (tertiary/aromatic N) is 2. The summed E-state index contributed by atoms with van der Waals surface area (Å²) in [5, 5.41) is 11.6. The van der Waals surface area contributed by atoms with Crippen LogP contribution in [0.2, 0.25) is 0 Å². The van der Waals surface area contributed by atoms with Crippen molar-refractivity contribution in [1.29, 1.82) is 0 Å². The molecular weight excluding hydrogens is 188 g/mol. The van der Waals surface area contributed by atoms with Crippen LogP contribution >= 0.6 is 0 Å². The molecule has 0 saturated heterocycles. The van der Waals surface area contributed by atoms with E-state index in [0.717, 1.165) is 31.6 Å². The van der Waals surface area contributed by atoms with E-state index in [0.29, 0.717) is 6.04 Å². The average Bonchev–Trinajstić information content (AvgIpc) is 2.56. The Kier molecular flexibility index (Phi) is 2.84. The molecule has 4 heteroatoms. The quantitative estimate of drug-likeness (QED) is 0.798. The fourth-order valence-electron chi connectivity index (χ4n) is 2.06. The molecule has 0 aromatic carbocycles. The molecule has 1 atom stereocenters. The molecule has 0 fully saturated rings. The van der Waals surface area contributed by atoms with Crippen molar-refractivity contribution < 1.29 is 0 Å². The molecule has 84 valence electrons. The van der Waals surface area contributed by atoms with Crippen LogP contribution in [0.5, 0.6) is 0 Å². The van der Waals surface area contributed by atoms with Crippen LogP contribution in [0.15, 0.2) is 0 Å². The zero-order valence-electron chi connectivity index (χ0n) is 9.80. The van der Waals surface area contributed by atoms with Crippen LogP contribution in [-0.2, 0) is 13.5 Å². The minimum atomic E-state index is 0.530. The highest BCUT2D eigenvalue weighted by Gasteiger charge is 2.22. The average molecular weight is 208 g/mol. The molecule has 0 saturated carbocycles. The minimum absolute atomic E-state index is 0.530. The lowest BCUT2D eigenvalue weighted by molar-refractivity contribution is 0.682. The van der Waals surface area contributed by atoms with E-state index in [9.17, 15) is 0 Å². The Balaban J connectivity index is 2.27. The van der Waals surface area contributed by atoms with Gasteiger partial charge in [0.1, 0.15) is 11.5 Å². The molecule has 0 aliphatic carbocycles. The van der Waals surface area contributed by atoms with E-state index in [2.05, 4.69) is 29.6 Å². The van der Waals surface area contributed by atoms with Gasteiger partial charge in [0, 0.05) is 19.6 Å². The van der Waals surface area contributed by atoms with Crippen molar-refractivity contribution in [3.8, 4) is 0 Å².